The van der Waals surface area contributed by atoms with Crippen LogP contribution in [0, 0.1) is 0 Å². The first-order chi connectivity index (χ1) is 10.3. The van der Waals surface area contributed by atoms with Gasteiger partial charge in [-0.2, -0.15) is 0 Å². The van der Waals surface area contributed by atoms with Gasteiger partial charge < -0.3 is 10.5 Å². The van der Waals surface area contributed by atoms with E-state index in [4.69, 9.17) is 15.5 Å². The first-order valence-corrected chi connectivity index (χ1v) is 7.50. The summed E-state index contributed by atoms with van der Waals surface area (Å²) in [6.45, 7) is 0.500. The molecule has 0 radical (unpaired) electrons. The van der Waals surface area contributed by atoms with Crippen LogP contribution in [0.15, 0.2) is 24.3 Å². The zero-order chi connectivity index (χ0) is 14.7. The molecule has 0 fully saturated rings. The maximum absolute atomic E-state index is 5.87. The second-order valence-electron chi connectivity index (χ2n) is 5.45. The van der Waals surface area contributed by atoms with Crippen LogP contribution in [0.4, 0.5) is 0 Å². The predicted molar refractivity (Wildman–Crippen MR) is 89.6 cm³/mol. The van der Waals surface area contributed by atoms with Crippen molar-refractivity contribution in [3.63, 3.8) is 0 Å². The molecule has 0 saturated heterocycles. The van der Waals surface area contributed by atoms with Crippen molar-refractivity contribution < 1.29 is 4.74 Å². The summed E-state index contributed by atoms with van der Waals surface area (Å²) < 4.78 is 5.18. The number of benzene rings is 1. The van der Waals surface area contributed by atoms with Crippen molar-refractivity contribution in [2.24, 2.45) is 5.73 Å². The maximum atomic E-state index is 5.87. The quantitative estimate of drug-likeness (QED) is 0.941. The average Bonchev–Trinajstić information content (AvgIpc) is 2.55. The molecule has 2 N–H and O–H groups in total. The smallest absolute Gasteiger partial charge is 0.133 e. The number of aromatic nitrogens is 2. The van der Waals surface area contributed by atoms with E-state index in [0.29, 0.717) is 6.54 Å². The van der Waals surface area contributed by atoms with E-state index in [2.05, 4.69) is 17.1 Å². The Bertz CT molecular complexity index is 611. The summed E-state index contributed by atoms with van der Waals surface area (Å²) >= 11 is 0. The van der Waals surface area contributed by atoms with Crippen LogP contribution in [-0.2, 0) is 25.8 Å². The fourth-order valence-corrected chi connectivity index (χ4v) is 2.90. The highest BCUT2D eigenvalue weighted by Crippen LogP contribution is 2.23. The van der Waals surface area contributed by atoms with Crippen LogP contribution in [0.25, 0.3) is 0 Å². The zero-order valence-electron chi connectivity index (χ0n) is 12.8. The van der Waals surface area contributed by atoms with E-state index in [0.717, 1.165) is 36.5 Å². The van der Waals surface area contributed by atoms with Gasteiger partial charge in [-0.15, -0.1) is 12.4 Å². The molecule has 3 rings (SSSR count). The Morgan fingerprint density at radius 3 is 2.50 bits per heavy atom. The van der Waals surface area contributed by atoms with Crippen LogP contribution in [0.2, 0.25) is 0 Å². The van der Waals surface area contributed by atoms with Gasteiger partial charge in [-0.25, -0.2) is 9.97 Å². The van der Waals surface area contributed by atoms with Gasteiger partial charge in [0, 0.05) is 18.7 Å². The van der Waals surface area contributed by atoms with Crippen molar-refractivity contribution in [1.82, 2.24) is 9.97 Å². The summed E-state index contributed by atoms with van der Waals surface area (Å²) in [4.78, 5) is 9.44. The van der Waals surface area contributed by atoms with Crippen molar-refractivity contribution in [1.29, 1.82) is 0 Å². The van der Waals surface area contributed by atoms with E-state index in [1.165, 1.54) is 29.7 Å². The van der Waals surface area contributed by atoms with E-state index in [1.807, 2.05) is 12.1 Å². The summed E-state index contributed by atoms with van der Waals surface area (Å²) in [5.74, 6) is 1.74. The summed E-state index contributed by atoms with van der Waals surface area (Å²) in [5.41, 5.74) is 10.6. The molecule has 0 unspecified atom stereocenters. The van der Waals surface area contributed by atoms with Gasteiger partial charge in [0.1, 0.15) is 11.6 Å². The fraction of sp³-hybridized carbons (Fsp3) is 0.412. The third kappa shape index (κ3) is 3.57. The minimum atomic E-state index is 0. The Labute approximate surface area is 137 Å². The van der Waals surface area contributed by atoms with Gasteiger partial charge in [-0.05, 0) is 48.9 Å². The maximum Gasteiger partial charge on any atom is 0.133 e. The van der Waals surface area contributed by atoms with E-state index in [9.17, 15) is 0 Å². The largest absolute Gasteiger partial charge is 0.497 e. The lowest BCUT2D eigenvalue weighted by Gasteiger charge is -2.18. The third-order valence-corrected chi connectivity index (χ3v) is 4.03. The lowest BCUT2D eigenvalue weighted by molar-refractivity contribution is 0.414. The number of aryl methyl sites for hydroxylation is 1. The molecule has 0 atom stereocenters. The Morgan fingerprint density at radius 2 is 1.82 bits per heavy atom. The van der Waals surface area contributed by atoms with Gasteiger partial charge in [-0.1, -0.05) is 12.1 Å². The van der Waals surface area contributed by atoms with Gasteiger partial charge in [-0.3, -0.25) is 0 Å². The summed E-state index contributed by atoms with van der Waals surface area (Å²) in [7, 11) is 1.68. The van der Waals surface area contributed by atoms with Crippen LogP contribution < -0.4 is 10.5 Å². The number of nitrogens with two attached hydrogens (primary N) is 1. The summed E-state index contributed by atoms with van der Waals surface area (Å²) in [5, 5.41) is 0. The van der Waals surface area contributed by atoms with E-state index < -0.39 is 0 Å². The zero-order valence-corrected chi connectivity index (χ0v) is 13.7. The van der Waals surface area contributed by atoms with Gasteiger partial charge >= 0.3 is 0 Å². The van der Waals surface area contributed by atoms with Crippen LogP contribution >= 0.6 is 12.4 Å². The number of fused-ring (bicyclic) bond motifs is 1. The second-order valence-corrected chi connectivity index (χ2v) is 5.45. The molecule has 5 heteroatoms. The molecule has 1 aromatic carbocycles. The molecular formula is C17H22ClN3O. The Kier molecular flexibility index (Phi) is 5.75. The minimum absolute atomic E-state index is 0. The number of halogens is 1. The monoisotopic (exact) mass is 319 g/mol. The van der Waals surface area contributed by atoms with Gasteiger partial charge in [0.25, 0.3) is 0 Å². The van der Waals surface area contributed by atoms with Crippen molar-refractivity contribution >= 4 is 12.4 Å². The number of ether oxygens (including phenoxy) is 1. The first-order valence-electron chi connectivity index (χ1n) is 7.50. The standard InChI is InChI=1S/C17H21N3O.ClH/c1-21-13-8-6-12(7-9-13)10-17-19-15-5-3-2-4-14(15)16(11-18)20-17;/h6-9H,2-5,10-11,18H2,1H3;1H. The molecule has 1 heterocycles. The van der Waals surface area contributed by atoms with Crippen LogP contribution in [-0.4, -0.2) is 17.1 Å². The number of hydrogen-bond acceptors (Lipinski definition) is 4. The molecule has 22 heavy (non-hydrogen) atoms. The molecule has 1 aromatic heterocycles. The van der Waals surface area contributed by atoms with Crippen molar-refractivity contribution in [2.45, 2.75) is 38.6 Å². The van der Waals surface area contributed by atoms with Crippen molar-refractivity contribution in [2.75, 3.05) is 7.11 Å². The number of rotatable bonds is 4. The molecule has 0 bridgehead atoms. The highest BCUT2D eigenvalue weighted by Gasteiger charge is 2.16. The average molecular weight is 320 g/mol. The predicted octanol–water partition coefficient (Wildman–Crippen LogP) is 2.84. The van der Waals surface area contributed by atoms with Crippen molar-refractivity contribution in [3.8, 4) is 5.75 Å². The highest BCUT2D eigenvalue weighted by molar-refractivity contribution is 5.85. The molecule has 1 aliphatic rings. The topological polar surface area (TPSA) is 61.0 Å². The van der Waals surface area contributed by atoms with Crippen molar-refractivity contribution in [3.05, 3.63) is 52.6 Å². The fourth-order valence-electron chi connectivity index (χ4n) is 2.90. The minimum Gasteiger partial charge on any atom is -0.497 e. The van der Waals surface area contributed by atoms with E-state index in [-0.39, 0.29) is 12.4 Å². The van der Waals surface area contributed by atoms with Gasteiger partial charge in [0.05, 0.1) is 12.8 Å². The molecule has 2 aromatic rings. The van der Waals surface area contributed by atoms with Crippen LogP contribution in [0.5, 0.6) is 5.75 Å². The molecule has 0 spiro atoms. The van der Waals surface area contributed by atoms with Crippen LogP contribution in [0.1, 0.15) is 41.2 Å². The lowest BCUT2D eigenvalue weighted by Crippen LogP contribution is -2.16. The normalized spacial score (nSPS) is 13.2. The molecular weight excluding hydrogens is 298 g/mol. The molecule has 118 valence electrons. The Morgan fingerprint density at radius 1 is 1.09 bits per heavy atom. The van der Waals surface area contributed by atoms with Gasteiger partial charge in [0.2, 0.25) is 0 Å². The molecule has 0 amide bonds. The van der Waals surface area contributed by atoms with Gasteiger partial charge in [0.15, 0.2) is 0 Å². The van der Waals surface area contributed by atoms with E-state index >= 15 is 0 Å². The van der Waals surface area contributed by atoms with Crippen LogP contribution in [0.3, 0.4) is 0 Å². The molecule has 0 saturated carbocycles. The number of hydrogen-bond donors (Lipinski definition) is 1. The SMILES string of the molecule is COc1ccc(Cc2nc(CN)c3c(n2)CCCC3)cc1.Cl. The molecule has 0 aliphatic heterocycles. The molecule has 4 nitrogen and oxygen atoms in total. The second kappa shape index (κ2) is 7.56. The van der Waals surface area contributed by atoms with E-state index in [1.54, 1.807) is 7.11 Å². The highest BCUT2D eigenvalue weighted by atomic mass is 35.5. The number of methoxy groups -OCH3 is 1. The Hall–Kier alpha value is -1.65. The molecule has 1 aliphatic carbocycles. The summed E-state index contributed by atoms with van der Waals surface area (Å²) in [6.07, 6.45) is 5.31. The Balaban J connectivity index is 0.00000176. The third-order valence-electron chi connectivity index (χ3n) is 4.03. The lowest BCUT2D eigenvalue weighted by atomic mass is 9.94. The number of nitrogens with zero attached hydrogens (tertiary/aromatic N) is 2. The first kappa shape index (κ1) is 16.7. The summed E-state index contributed by atoms with van der Waals surface area (Å²) in [6, 6.07) is 8.06.